The number of rotatable bonds is 2. The van der Waals surface area contributed by atoms with Crippen molar-refractivity contribution in [1.82, 2.24) is 5.32 Å². The molecule has 12 heavy (non-hydrogen) atoms. The summed E-state index contributed by atoms with van der Waals surface area (Å²) >= 11 is 12.2. The number of aliphatic hydroxyl groups is 1. The van der Waals surface area contributed by atoms with Crippen molar-refractivity contribution in [1.29, 1.82) is 0 Å². The van der Waals surface area contributed by atoms with Crippen LogP contribution in [0.2, 0.25) is 0 Å². The highest BCUT2D eigenvalue weighted by molar-refractivity contribution is 6.49. The summed E-state index contributed by atoms with van der Waals surface area (Å²) in [5, 5.41) is 12.4. The summed E-state index contributed by atoms with van der Waals surface area (Å²) in [7, 11) is 0. The number of aliphatic hydroxyl groups excluding tert-OH is 1. The SMILES string of the molecule is CC(O)C[C@@H]1NC[C@H](C)C1(Cl)Cl. The lowest BCUT2D eigenvalue weighted by Gasteiger charge is -2.25. The van der Waals surface area contributed by atoms with Crippen molar-refractivity contribution in [3.63, 3.8) is 0 Å². The third-order valence-corrected chi connectivity index (χ3v) is 3.64. The summed E-state index contributed by atoms with van der Waals surface area (Å²) in [6.45, 7) is 4.58. The second-order valence-electron chi connectivity index (χ2n) is 3.62. The van der Waals surface area contributed by atoms with Crippen LogP contribution in [0, 0.1) is 5.92 Å². The summed E-state index contributed by atoms with van der Waals surface area (Å²) in [6.07, 6.45) is 0.252. The molecule has 1 fully saturated rings. The fourth-order valence-electron chi connectivity index (χ4n) is 1.52. The molecule has 1 unspecified atom stereocenters. The molecule has 0 spiro atoms. The fraction of sp³-hybridized carbons (Fsp3) is 1.00. The van der Waals surface area contributed by atoms with Gasteiger partial charge in [0.15, 0.2) is 0 Å². The largest absolute Gasteiger partial charge is 0.393 e. The lowest BCUT2D eigenvalue weighted by atomic mass is 10.0. The summed E-state index contributed by atoms with van der Waals surface area (Å²) in [5.74, 6) is 0.240. The van der Waals surface area contributed by atoms with Crippen LogP contribution in [-0.4, -0.2) is 28.1 Å². The highest BCUT2D eigenvalue weighted by Gasteiger charge is 2.45. The van der Waals surface area contributed by atoms with E-state index in [1.54, 1.807) is 6.92 Å². The van der Waals surface area contributed by atoms with E-state index in [-0.39, 0.29) is 18.1 Å². The van der Waals surface area contributed by atoms with Crippen LogP contribution < -0.4 is 5.32 Å². The molecule has 0 radical (unpaired) electrons. The van der Waals surface area contributed by atoms with Gasteiger partial charge in [0.05, 0.1) is 6.10 Å². The molecule has 1 heterocycles. The van der Waals surface area contributed by atoms with Gasteiger partial charge < -0.3 is 10.4 Å². The van der Waals surface area contributed by atoms with Crippen molar-refractivity contribution >= 4 is 23.2 Å². The molecule has 0 bridgehead atoms. The lowest BCUT2D eigenvalue weighted by molar-refractivity contribution is 0.169. The van der Waals surface area contributed by atoms with E-state index in [9.17, 15) is 5.11 Å². The molecule has 0 aromatic carbocycles. The van der Waals surface area contributed by atoms with Gasteiger partial charge in [0.2, 0.25) is 0 Å². The Labute approximate surface area is 83.2 Å². The van der Waals surface area contributed by atoms with Crippen molar-refractivity contribution in [2.24, 2.45) is 5.92 Å². The van der Waals surface area contributed by atoms with E-state index < -0.39 is 4.33 Å². The van der Waals surface area contributed by atoms with Gasteiger partial charge in [-0.05, 0) is 13.3 Å². The molecule has 2 nitrogen and oxygen atoms in total. The highest BCUT2D eigenvalue weighted by atomic mass is 35.5. The molecule has 0 aromatic rings. The molecule has 2 N–H and O–H groups in total. The first-order chi connectivity index (χ1) is 5.44. The molecule has 1 aliphatic heterocycles. The van der Waals surface area contributed by atoms with E-state index in [1.807, 2.05) is 6.92 Å². The van der Waals surface area contributed by atoms with Gasteiger partial charge in [-0.2, -0.15) is 0 Å². The quantitative estimate of drug-likeness (QED) is 0.680. The van der Waals surface area contributed by atoms with E-state index in [0.717, 1.165) is 6.54 Å². The molecular formula is C8H15Cl2NO. The number of nitrogens with one attached hydrogen (secondary N) is 1. The molecule has 0 saturated carbocycles. The van der Waals surface area contributed by atoms with Crippen LogP contribution in [0.25, 0.3) is 0 Å². The predicted molar refractivity (Wildman–Crippen MR) is 51.7 cm³/mol. The van der Waals surface area contributed by atoms with Gasteiger partial charge in [0.25, 0.3) is 0 Å². The average molecular weight is 212 g/mol. The molecule has 1 rings (SSSR count). The molecule has 1 aliphatic rings. The van der Waals surface area contributed by atoms with Crippen LogP contribution in [0.1, 0.15) is 20.3 Å². The van der Waals surface area contributed by atoms with Gasteiger partial charge in [-0.3, -0.25) is 0 Å². The summed E-state index contributed by atoms with van der Waals surface area (Å²) in [4.78, 5) is 0. The molecule has 0 aliphatic carbocycles. The maximum atomic E-state index is 9.17. The third-order valence-electron chi connectivity index (χ3n) is 2.37. The smallest absolute Gasteiger partial charge is 0.137 e. The minimum atomic E-state index is -0.725. The Balaban J connectivity index is 2.56. The van der Waals surface area contributed by atoms with Gasteiger partial charge in [-0.1, -0.05) is 30.1 Å². The van der Waals surface area contributed by atoms with E-state index in [2.05, 4.69) is 5.32 Å². The Bertz CT molecular complexity index is 161. The second-order valence-corrected chi connectivity index (χ2v) is 5.07. The molecular weight excluding hydrogens is 197 g/mol. The molecule has 72 valence electrons. The zero-order valence-electron chi connectivity index (χ0n) is 7.35. The second kappa shape index (κ2) is 3.70. The van der Waals surface area contributed by atoms with Crippen molar-refractivity contribution in [2.45, 2.75) is 36.7 Å². The van der Waals surface area contributed by atoms with Crippen molar-refractivity contribution in [3.05, 3.63) is 0 Å². The molecule has 1 saturated heterocycles. The Morgan fingerprint density at radius 2 is 2.25 bits per heavy atom. The van der Waals surface area contributed by atoms with Gasteiger partial charge in [-0.25, -0.2) is 0 Å². The van der Waals surface area contributed by atoms with Gasteiger partial charge >= 0.3 is 0 Å². The third kappa shape index (κ3) is 2.05. The maximum absolute atomic E-state index is 9.17. The van der Waals surface area contributed by atoms with E-state index >= 15 is 0 Å². The maximum Gasteiger partial charge on any atom is 0.137 e. The first-order valence-electron chi connectivity index (χ1n) is 4.24. The first-order valence-corrected chi connectivity index (χ1v) is 4.99. The van der Waals surface area contributed by atoms with Crippen LogP contribution in [0.5, 0.6) is 0 Å². The van der Waals surface area contributed by atoms with Gasteiger partial charge in [0.1, 0.15) is 4.33 Å². The van der Waals surface area contributed by atoms with Gasteiger partial charge in [0, 0.05) is 18.5 Å². The predicted octanol–water partition coefficient (Wildman–Crippen LogP) is 1.54. The average Bonchev–Trinajstić information content (AvgIpc) is 2.15. The number of hydrogen-bond acceptors (Lipinski definition) is 2. The topological polar surface area (TPSA) is 32.3 Å². The van der Waals surface area contributed by atoms with Crippen molar-refractivity contribution in [3.8, 4) is 0 Å². The Hall–Kier alpha value is 0.500. The summed E-state index contributed by atoms with van der Waals surface area (Å²) in [6, 6.07) is 0.0100. The number of hydrogen-bond donors (Lipinski definition) is 2. The minimum absolute atomic E-state index is 0.0100. The molecule has 4 heteroatoms. The zero-order valence-corrected chi connectivity index (χ0v) is 8.86. The van der Waals surface area contributed by atoms with E-state index in [4.69, 9.17) is 23.2 Å². The Morgan fingerprint density at radius 1 is 1.67 bits per heavy atom. The van der Waals surface area contributed by atoms with Crippen LogP contribution in [0.3, 0.4) is 0 Å². The van der Waals surface area contributed by atoms with Crippen LogP contribution in [0.4, 0.5) is 0 Å². The molecule has 0 amide bonds. The van der Waals surface area contributed by atoms with Crippen LogP contribution in [-0.2, 0) is 0 Å². The minimum Gasteiger partial charge on any atom is -0.393 e. The number of alkyl halides is 2. The van der Waals surface area contributed by atoms with Crippen LogP contribution in [0.15, 0.2) is 0 Å². The normalized spacial score (nSPS) is 36.8. The van der Waals surface area contributed by atoms with E-state index in [1.165, 1.54) is 0 Å². The number of halogens is 2. The van der Waals surface area contributed by atoms with E-state index in [0.29, 0.717) is 6.42 Å². The fourth-order valence-corrected chi connectivity index (χ4v) is 2.00. The highest BCUT2D eigenvalue weighted by Crippen LogP contribution is 2.39. The Kier molecular flexibility index (Phi) is 3.27. The lowest BCUT2D eigenvalue weighted by Crippen LogP contribution is -2.38. The van der Waals surface area contributed by atoms with Gasteiger partial charge in [-0.15, -0.1) is 0 Å². The van der Waals surface area contributed by atoms with Crippen molar-refractivity contribution < 1.29 is 5.11 Å². The zero-order chi connectivity index (χ0) is 9.35. The van der Waals surface area contributed by atoms with Crippen LogP contribution >= 0.6 is 23.2 Å². The first kappa shape index (κ1) is 10.6. The Morgan fingerprint density at radius 3 is 2.58 bits per heavy atom. The standard InChI is InChI=1S/C8H15Cl2NO/c1-5-4-11-7(3-6(2)12)8(5,9)10/h5-7,11-12H,3-4H2,1-2H3/t5-,6?,7-/m0/s1. The molecule has 3 atom stereocenters. The van der Waals surface area contributed by atoms with Crippen molar-refractivity contribution in [2.75, 3.05) is 6.54 Å². The summed E-state index contributed by atoms with van der Waals surface area (Å²) < 4.78 is -0.725. The monoisotopic (exact) mass is 211 g/mol. The molecule has 0 aromatic heterocycles. The summed E-state index contributed by atoms with van der Waals surface area (Å²) in [5.41, 5.74) is 0.